The molecule has 0 aromatic rings. The Balaban J connectivity index is 0. The van der Waals surface area contributed by atoms with Crippen LogP contribution < -0.4 is 11.9 Å². The van der Waals surface area contributed by atoms with Crippen LogP contribution in [0.1, 0.15) is 39.5 Å². The molecule has 0 saturated heterocycles. The second kappa shape index (κ2) is 7.19. The standard InChI is InChI=1S/C8H17N.C2H2O4.H3N/c1-7-5-3-4-6-8(7,2)9;3-1(4)2(5)6;/h7H,3-6,9H2,1-2H3;(H,3,4)(H,5,6);1H3. The summed E-state index contributed by atoms with van der Waals surface area (Å²) in [6.45, 7) is 4.44. The molecule has 1 rings (SSSR count). The van der Waals surface area contributed by atoms with E-state index in [1.165, 1.54) is 25.7 Å². The van der Waals surface area contributed by atoms with Crippen molar-refractivity contribution in [2.75, 3.05) is 0 Å². The van der Waals surface area contributed by atoms with Gasteiger partial charge in [0.2, 0.25) is 0 Å². The van der Waals surface area contributed by atoms with Gasteiger partial charge >= 0.3 is 11.9 Å². The number of hydrogen-bond acceptors (Lipinski definition) is 4. The fourth-order valence-electron chi connectivity index (χ4n) is 1.53. The van der Waals surface area contributed by atoms with Crippen molar-refractivity contribution in [3.05, 3.63) is 0 Å². The maximum absolute atomic E-state index is 9.10. The third-order valence-electron chi connectivity index (χ3n) is 2.91. The van der Waals surface area contributed by atoms with E-state index >= 15 is 0 Å². The van der Waals surface area contributed by atoms with Crippen molar-refractivity contribution in [2.45, 2.75) is 45.1 Å². The van der Waals surface area contributed by atoms with Gasteiger partial charge in [0.25, 0.3) is 0 Å². The maximum atomic E-state index is 9.10. The van der Waals surface area contributed by atoms with Gasteiger partial charge in [0.05, 0.1) is 0 Å². The summed E-state index contributed by atoms with van der Waals surface area (Å²) in [5.74, 6) is -2.92. The van der Waals surface area contributed by atoms with Crippen LogP contribution in [0.4, 0.5) is 0 Å². The molecule has 0 spiro atoms. The number of nitrogens with two attached hydrogens (primary N) is 1. The lowest BCUT2D eigenvalue weighted by Gasteiger charge is -2.35. The highest BCUT2D eigenvalue weighted by Gasteiger charge is 2.28. The molecular formula is C10H22N2O4. The first-order valence-electron chi connectivity index (χ1n) is 5.02. The zero-order chi connectivity index (χ0) is 12.1. The molecule has 96 valence electrons. The SMILES string of the molecule is CC1CCCCC1(C)N.N.O=C(O)C(=O)O. The van der Waals surface area contributed by atoms with Crippen molar-refractivity contribution in [2.24, 2.45) is 11.7 Å². The van der Waals surface area contributed by atoms with Gasteiger partial charge in [0.1, 0.15) is 0 Å². The van der Waals surface area contributed by atoms with Gasteiger partial charge in [0, 0.05) is 5.54 Å². The van der Waals surface area contributed by atoms with E-state index in [4.69, 9.17) is 25.5 Å². The first-order valence-corrected chi connectivity index (χ1v) is 5.02. The van der Waals surface area contributed by atoms with Crippen LogP contribution in [0.25, 0.3) is 0 Å². The molecule has 2 unspecified atom stereocenters. The first kappa shape index (κ1) is 17.3. The predicted molar refractivity (Wildman–Crippen MR) is 60.5 cm³/mol. The van der Waals surface area contributed by atoms with Crippen molar-refractivity contribution < 1.29 is 19.8 Å². The molecule has 16 heavy (non-hydrogen) atoms. The van der Waals surface area contributed by atoms with Crippen LogP contribution in [0, 0.1) is 5.92 Å². The van der Waals surface area contributed by atoms with Gasteiger partial charge in [-0.3, -0.25) is 0 Å². The summed E-state index contributed by atoms with van der Waals surface area (Å²) in [6, 6.07) is 0. The first-order chi connectivity index (χ1) is 6.77. The molecule has 7 N–H and O–H groups in total. The lowest BCUT2D eigenvalue weighted by molar-refractivity contribution is -0.159. The molecule has 6 heteroatoms. The summed E-state index contributed by atoms with van der Waals surface area (Å²) in [5.41, 5.74) is 6.16. The number of hydrogen-bond donors (Lipinski definition) is 4. The van der Waals surface area contributed by atoms with Crippen LogP contribution in [0.5, 0.6) is 0 Å². The molecule has 0 aliphatic heterocycles. The predicted octanol–water partition coefficient (Wildman–Crippen LogP) is 1.23. The molecule has 0 heterocycles. The third-order valence-corrected chi connectivity index (χ3v) is 2.91. The van der Waals surface area contributed by atoms with Crippen molar-refractivity contribution in [1.82, 2.24) is 6.15 Å². The molecular weight excluding hydrogens is 212 g/mol. The molecule has 1 fully saturated rings. The van der Waals surface area contributed by atoms with E-state index in [1.54, 1.807) is 0 Å². The highest BCUT2D eigenvalue weighted by Crippen LogP contribution is 2.30. The molecule has 1 aliphatic carbocycles. The second-order valence-electron chi connectivity index (χ2n) is 4.26. The zero-order valence-corrected chi connectivity index (χ0v) is 9.90. The number of carboxylic acids is 2. The minimum atomic E-state index is -1.82. The fourth-order valence-corrected chi connectivity index (χ4v) is 1.53. The molecule has 1 saturated carbocycles. The minimum Gasteiger partial charge on any atom is -0.473 e. The van der Waals surface area contributed by atoms with Crippen LogP contribution in [0.15, 0.2) is 0 Å². The van der Waals surface area contributed by atoms with Gasteiger partial charge in [-0.15, -0.1) is 0 Å². The molecule has 0 aromatic carbocycles. The zero-order valence-electron chi connectivity index (χ0n) is 9.90. The van der Waals surface area contributed by atoms with Gasteiger partial charge in [0.15, 0.2) is 0 Å². The number of carboxylic acid groups (broad SMARTS) is 2. The molecule has 1 aliphatic rings. The van der Waals surface area contributed by atoms with Crippen molar-refractivity contribution in [3.63, 3.8) is 0 Å². The fraction of sp³-hybridized carbons (Fsp3) is 0.800. The van der Waals surface area contributed by atoms with E-state index in [2.05, 4.69) is 13.8 Å². The smallest absolute Gasteiger partial charge is 0.414 e. The summed E-state index contributed by atoms with van der Waals surface area (Å²) in [5, 5.41) is 14.8. The Morgan fingerprint density at radius 2 is 1.69 bits per heavy atom. The van der Waals surface area contributed by atoms with E-state index in [-0.39, 0.29) is 11.7 Å². The van der Waals surface area contributed by atoms with Crippen LogP contribution in [-0.2, 0) is 9.59 Å². The van der Waals surface area contributed by atoms with Crippen LogP contribution >= 0.6 is 0 Å². The van der Waals surface area contributed by atoms with Gasteiger partial charge in [-0.05, 0) is 25.7 Å². The largest absolute Gasteiger partial charge is 0.473 e. The average Bonchev–Trinajstić information content (AvgIpc) is 2.11. The Morgan fingerprint density at radius 1 is 1.25 bits per heavy atom. The molecule has 0 bridgehead atoms. The van der Waals surface area contributed by atoms with Gasteiger partial charge in [-0.2, -0.15) is 0 Å². The van der Waals surface area contributed by atoms with Crippen molar-refractivity contribution >= 4 is 11.9 Å². The van der Waals surface area contributed by atoms with Crippen LogP contribution in [0.3, 0.4) is 0 Å². The number of rotatable bonds is 0. The Hall–Kier alpha value is -1.14. The topological polar surface area (TPSA) is 136 Å². The van der Waals surface area contributed by atoms with Crippen LogP contribution in [0.2, 0.25) is 0 Å². The van der Waals surface area contributed by atoms with E-state index < -0.39 is 11.9 Å². The van der Waals surface area contributed by atoms with Crippen molar-refractivity contribution in [1.29, 1.82) is 0 Å². The Labute approximate surface area is 95.4 Å². The number of aliphatic carboxylic acids is 2. The third kappa shape index (κ3) is 6.36. The second-order valence-corrected chi connectivity index (χ2v) is 4.26. The van der Waals surface area contributed by atoms with Crippen molar-refractivity contribution in [3.8, 4) is 0 Å². The Kier molecular flexibility index (Phi) is 7.75. The van der Waals surface area contributed by atoms with E-state index in [0.29, 0.717) is 0 Å². The summed E-state index contributed by atoms with van der Waals surface area (Å²) < 4.78 is 0. The van der Waals surface area contributed by atoms with Crippen LogP contribution in [-0.4, -0.2) is 27.7 Å². The molecule has 0 aromatic heterocycles. The van der Waals surface area contributed by atoms with E-state index in [9.17, 15) is 0 Å². The molecule has 0 radical (unpaired) electrons. The lowest BCUT2D eigenvalue weighted by Crippen LogP contribution is -2.44. The minimum absolute atomic E-state index is 0. The summed E-state index contributed by atoms with van der Waals surface area (Å²) >= 11 is 0. The monoisotopic (exact) mass is 234 g/mol. The van der Waals surface area contributed by atoms with Gasteiger partial charge in [-0.25, -0.2) is 9.59 Å². The number of carbonyl (C=O) groups is 2. The maximum Gasteiger partial charge on any atom is 0.414 e. The van der Waals surface area contributed by atoms with Gasteiger partial charge in [-0.1, -0.05) is 19.8 Å². The van der Waals surface area contributed by atoms with Gasteiger partial charge < -0.3 is 22.1 Å². The van der Waals surface area contributed by atoms with E-state index in [0.717, 1.165) is 5.92 Å². The molecule has 0 amide bonds. The highest BCUT2D eigenvalue weighted by molar-refractivity contribution is 6.27. The summed E-state index contributed by atoms with van der Waals surface area (Å²) in [4.78, 5) is 18.2. The Morgan fingerprint density at radius 3 is 1.88 bits per heavy atom. The summed E-state index contributed by atoms with van der Waals surface area (Å²) in [7, 11) is 0. The molecule has 2 atom stereocenters. The quantitative estimate of drug-likeness (QED) is 0.465. The normalized spacial score (nSPS) is 28.1. The average molecular weight is 234 g/mol. The molecule has 6 nitrogen and oxygen atoms in total. The lowest BCUT2D eigenvalue weighted by atomic mass is 9.76. The Bertz CT molecular complexity index is 229. The highest BCUT2D eigenvalue weighted by atomic mass is 16.4. The summed E-state index contributed by atoms with van der Waals surface area (Å²) in [6.07, 6.45) is 5.26. The van der Waals surface area contributed by atoms with E-state index in [1.807, 2.05) is 0 Å².